The van der Waals surface area contributed by atoms with Gasteiger partial charge in [0.25, 0.3) is 29.3 Å². The van der Waals surface area contributed by atoms with Crippen molar-refractivity contribution < 1.29 is 33.4 Å². The molecule has 8 aromatic heterocycles. The minimum absolute atomic E-state index is 0.0649. The molecule has 3 aliphatic rings. The third kappa shape index (κ3) is 7.37. The zero-order chi connectivity index (χ0) is 51.0. The van der Waals surface area contributed by atoms with Crippen molar-refractivity contribution in [3.05, 3.63) is 120 Å². The lowest BCUT2D eigenvalue weighted by Crippen LogP contribution is -2.53. The van der Waals surface area contributed by atoms with Gasteiger partial charge in [0, 0.05) is 76.9 Å². The molecule has 0 radical (unpaired) electrons. The number of piperazine rings is 2. The number of carbonyl (C=O) groups is 5. The van der Waals surface area contributed by atoms with Crippen LogP contribution in [0.3, 0.4) is 0 Å². The summed E-state index contributed by atoms with van der Waals surface area (Å²) in [5.41, 5.74) is 7.78. The van der Waals surface area contributed by atoms with Crippen molar-refractivity contribution in [2.24, 2.45) is 5.73 Å². The van der Waals surface area contributed by atoms with Crippen molar-refractivity contribution in [2.45, 2.75) is 24.8 Å². The molecule has 3 amide bonds. The number of hydrogen-bond donors (Lipinski definition) is 3. The molecule has 25 nitrogen and oxygen atoms in total. The number of aryl methyl sites for hydroxylation is 1. The highest BCUT2D eigenvalue weighted by molar-refractivity contribution is 6.46. The van der Waals surface area contributed by atoms with Crippen molar-refractivity contribution in [3.8, 4) is 23.1 Å². The number of nitrogens with two attached hydrogens (primary N) is 1. The molecule has 2 saturated heterocycles. The number of ether oxygens (including phenoxy) is 2. The molecule has 374 valence electrons. The molecule has 1 aromatic carbocycles. The van der Waals surface area contributed by atoms with E-state index in [2.05, 4.69) is 45.1 Å². The summed E-state index contributed by atoms with van der Waals surface area (Å²) in [5, 5.41) is 14.2. The predicted octanol–water partition coefficient (Wildman–Crippen LogP) is 2.01. The highest BCUT2D eigenvalue weighted by atomic mass is 16.5. The standard InChI is InChI=1S/C49H46N18O7/c1-27-55-26-66(58-27)44-37-35(32(73-2)24-53-44)29(22-51-37)39(68)47(72)62-17-19-64(20-18-62)49(28-9-5-4-6-10-28)21-31(49)43-57-42(41(50)70)59-67(43)45-38-36(33(74-3)25-54-45)30(23-52-38)40(69)46(71)61-13-15-63(16-14-61)48-56-34-11-7-8-12-65(34)60-48/h4-12,22-26,31,51-52H,13-21H2,1-3H3,(H2,50,70). The fraction of sp³-hybridized carbons (Fsp3) is 0.286. The number of fused-ring (bicyclic) bond motifs is 3. The van der Waals surface area contributed by atoms with E-state index in [-0.39, 0.29) is 54.7 Å². The van der Waals surface area contributed by atoms with E-state index in [0.717, 1.165) is 5.56 Å². The topological polar surface area (TPSA) is 292 Å². The number of nitrogens with one attached hydrogen (secondary N) is 2. The van der Waals surface area contributed by atoms with Crippen molar-refractivity contribution in [2.75, 3.05) is 71.5 Å². The Kier molecular flexibility index (Phi) is 11.0. The van der Waals surface area contributed by atoms with Crippen LogP contribution in [0, 0.1) is 6.92 Å². The van der Waals surface area contributed by atoms with Crippen LogP contribution in [0.15, 0.2) is 85.8 Å². The number of Topliss-reactive ketones (excluding diaryl/α,β-unsaturated/α-hetero) is 2. The Hall–Kier alpha value is -9.39. The molecule has 2 unspecified atom stereocenters. The van der Waals surface area contributed by atoms with Crippen LogP contribution in [0.4, 0.5) is 5.95 Å². The molecule has 2 atom stereocenters. The van der Waals surface area contributed by atoms with Crippen LogP contribution in [-0.4, -0.2) is 175 Å². The minimum atomic E-state index is -0.865. The first-order valence-corrected chi connectivity index (χ1v) is 23.8. The van der Waals surface area contributed by atoms with Gasteiger partial charge in [-0.2, -0.15) is 14.8 Å². The van der Waals surface area contributed by atoms with Crippen LogP contribution in [0.25, 0.3) is 39.1 Å². The number of ketones is 2. The summed E-state index contributed by atoms with van der Waals surface area (Å²) in [6.45, 7) is 4.34. The number of primary amides is 1. The molecule has 10 heterocycles. The lowest BCUT2D eigenvalue weighted by molar-refractivity contribution is -0.128. The van der Waals surface area contributed by atoms with Crippen molar-refractivity contribution in [1.82, 2.24) is 78.8 Å². The first-order valence-electron chi connectivity index (χ1n) is 23.8. The second kappa shape index (κ2) is 17.7. The van der Waals surface area contributed by atoms with E-state index in [1.165, 1.54) is 59.6 Å². The maximum atomic E-state index is 14.2. The number of nitrogens with zero attached hydrogens (tertiary/aromatic N) is 15. The number of hydrogen-bond acceptors (Lipinski definition) is 17. The lowest BCUT2D eigenvalue weighted by atomic mass is 9.98. The molecule has 3 fully saturated rings. The van der Waals surface area contributed by atoms with Gasteiger partial charge in [0.15, 0.2) is 17.3 Å². The Balaban J connectivity index is 0.811. The number of H-pyrrole nitrogens is 2. The van der Waals surface area contributed by atoms with Gasteiger partial charge in [-0.25, -0.2) is 29.1 Å². The summed E-state index contributed by atoms with van der Waals surface area (Å²) < 4.78 is 15.9. The molecular weight excluding hydrogens is 953 g/mol. The number of aromatic nitrogens is 13. The maximum absolute atomic E-state index is 14.2. The van der Waals surface area contributed by atoms with Gasteiger partial charge in [0.2, 0.25) is 11.8 Å². The Morgan fingerprint density at radius 2 is 1.31 bits per heavy atom. The molecular formula is C49H46N18O7. The fourth-order valence-corrected chi connectivity index (χ4v) is 10.5. The highest BCUT2D eigenvalue weighted by Gasteiger charge is 2.62. The number of aromatic amines is 2. The van der Waals surface area contributed by atoms with Gasteiger partial charge >= 0.3 is 0 Å². The summed E-state index contributed by atoms with van der Waals surface area (Å²) in [6, 6.07) is 15.4. The van der Waals surface area contributed by atoms with Gasteiger partial charge in [0.1, 0.15) is 29.5 Å². The number of rotatable bonds is 13. The molecule has 74 heavy (non-hydrogen) atoms. The Morgan fingerprint density at radius 3 is 1.91 bits per heavy atom. The first-order chi connectivity index (χ1) is 36.0. The van der Waals surface area contributed by atoms with Crippen LogP contribution in [0.5, 0.6) is 11.5 Å². The van der Waals surface area contributed by atoms with E-state index in [9.17, 15) is 24.0 Å². The van der Waals surface area contributed by atoms with E-state index >= 15 is 0 Å². The fourth-order valence-electron chi connectivity index (χ4n) is 10.5. The van der Waals surface area contributed by atoms with Crippen LogP contribution in [-0.2, 0) is 15.1 Å². The Morgan fingerprint density at radius 1 is 0.703 bits per heavy atom. The highest BCUT2D eigenvalue weighted by Crippen LogP contribution is 2.62. The number of benzene rings is 1. The summed E-state index contributed by atoms with van der Waals surface area (Å²) in [6.07, 6.45) is 9.69. The molecule has 2 aliphatic heterocycles. The molecule has 1 aliphatic carbocycles. The predicted molar refractivity (Wildman–Crippen MR) is 262 cm³/mol. The number of methoxy groups -OCH3 is 2. The van der Waals surface area contributed by atoms with Crippen LogP contribution in [0.2, 0.25) is 0 Å². The van der Waals surface area contributed by atoms with Crippen LogP contribution < -0.4 is 20.1 Å². The number of pyridine rings is 3. The quantitative estimate of drug-likeness (QED) is 0.110. The Bertz CT molecular complexity index is 3700. The average Bonchev–Trinajstić information content (AvgIpc) is 4.12. The summed E-state index contributed by atoms with van der Waals surface area (Å²) in [5.74, 6) is -1.78. The maximum Gasteiger partial charge on any atom is 0.295 e. The van der Waals surface area contributed by atoms with Gasteiger partial charge in [-0.05, 0) is 31.0 Å². The normalized spacial score (nSPS) is 18.1. The zero-order valence-electron chi connectivity index (χ0n) is 40.2. The smallest absolute Gasteiger partial charge is 0.295 e. The summed E-state index contributed by atoms with van der Waals surface area (Å²) in [4.78, 5) is 106. The molecule has 12 rings (SSSR count). The SMILES string of the molecule is COc1cnc(-n2cnc(C)n2)c2[nH]cc(C(=O)C(=O)N3CCN(C4(c5ccccc5)CC4c4nc(C(N)=O)nn4-c4ncc(OC)c5c(C(=O)C(=O)N6CCN(c7nc8ccccn8n7)CC6)c[nH]c45)CC3)c12. The van der Waals surface area contributed by atoms with E-state index in [1.807, 2.05) is 59.6 Å². The van der Waals surface area contributed by atoms with Gasteiger partial charge in [-0.3, -0.25) is 28.9 Å². The molecule has 0 bridgehead atoms. The van der Waals surface area contributed by atoms with Crippen molar-refractivity contribution in [3.63, 3.8) is 0 Å². The van der Waals surface area contributed by atoms with Gasteiger partial charge < -0.3 is 39.9 Å². The Labute approximate surface area is 418 Å². The average molecular weight is 999 g/mol. The van der Waals surface area contributed by atoms with Gasteiger partial charge in [-0.1, -0.05) is 36.4 Å². The second-order valence-corrected chi connectivity index (χ2v) is 18.2. The largest absolute Gasteiger partial charge is 0.494 e. The number of amides is 3. The monoisotopic (exact) mass is 998 g/mol. The van der Waals surface area contributed by atoms with Crippen LogP contribution in [0.1, 0.15) is 60.9 Å². The third-order valence-corrected chi connectivity index (χ3v) is 14.2. The second-order valence-electron chi connectivity index (χ2n) is 18.2. The molecule has 4 N–H and O–H groups in total. The van der Waals surface area contributed by atoms with Gasteiger partial charge in [-0.15, -0.1) is 10.2 Å². The lowest BCUT2D eigenvalue weighted by Gasteiger charge is -2.40. The third-order valence-electron chi connectivity index (χ3n) is 14.2. The molecule has 25 heteroatoms. The number of carbonyl (C=O) groups excluding carboxylic acids is 5. The van der Waals surface area contributed by atoms with E-state index < -0.39 is 40.7 Å². The first kappa shape index (κ1) is 45.7. The molecule has 0 spiro atoms. The minimum Gasteiger partial charge on any atom is -0.494 e. The summed E-state index contributed by atoms with van der Waals surface area (Å²) >= 11 is 0. The van der Waals surface area contributed by atoms with Crippen molar-refractivity contribution >= 4 is 62.7 Å². The van der Waals surface area contributed by atoms with E-state index in [1.54, 1.807) is 16.3 Å². The molecule has 9 aromatic rings. The number of anilines is 1. The van der Waals surface area contributed by atoms with E-state index in [0.29, 0.717) is 89.2 Å². The molecule has 1 saturated carbocycles. The van der Waals surface area contributed by atoms with Crippen LogP contribution >= 0.6 is 0 Å². The van der Waals surface area contributed by atoms with E-state index in [4.69, 9.17) is 25.2 Å². The van der Waals surface area contributed by atoms with Gasteiger partial charge in [0.05, 0.1) is 65.1 Å². The summed E-state index contributed by atoms with van der Waals surface area (Å²) in [7, 11) is 2.90. The zero-order valence-corrected chi connectivity index (χ0v) is 40.2. The van der Waals surface area contributed by atoms with Crippen molar-refractivity contribution in [1.29, 1.82) is 0 Å².